The van der Waals surface area contributed by atoms with Crippen molar-refractivity contribution < 1.29 is 9.53 Å². The van der Waals surface area contributed by atoms with Gasteiger partial charge in [-0.3, -0.25) is 4.79 Å². The second-order valence-corrected chi connectivity index (χ2v) is 5.79. The number of nitrogens with zero attached hydrogens (tertiary/aromatic N) is 4. The molecule has 1 aromatic heterocycles. The van der Waals surface area contributed by atoms with Crippen LogP contribution < -0.4 is 10.1 Å². The molecule has 0 aliphatic heterocycles. The highest BCUT2D eigenvalue weighted by molar-refractivity contribution is 5.83. The number of benzene rings is 2. The lowest BCUT2D eigenvalue weighted by Gasteiger charge is -2.15. The van der Waals surface area contributed by atoms with Gasteiger partial charge < -0.3 is 10.1 Å². The van der Waals surface area contributed by atoms with E-state index >= 15 is 0 Å². The van der Waals surface area contributed by atoms with Gasteiger partial charge in [0.25, 0.3) is 0 Å². The van der Waals surface area contributed by atoms with Gasteiger partial charge in [0.1, 0.15) is 5.75 Å². The Morgan fingerprint density at radius 3 is 2.54 bits per heavy atom. The fourth-order valence-electron chi connectivity index (χ4n) is 2.79. The van der Waals surface area contributed by atoms with Gasteiger partial charge >= 0.3 is 0 Å². The van der Waals surface area contributed by atoms with E-state index in [1.807, 2.05) is 61.5 Å². The number of hydrogen-bond acceptors (Lipinski definition) is 5. The number of aromatic nitrogens is 4. The molecule has 1 N–H and O–H groups in total. The molecule has 0 aliphatic rings. The highest BCUT2D eigenvalue weighted by Crippen LogP contribution is 2.19. The van der Waals surface area contributed by atoms with Gasteiger partial charge in [-0.25, -0.2) is 0 Å². The quantitative estimate of drug-likeness (QED) is 0.707. The molecule has 1 heterocycles. The van der Waals surface area contributed by atoms with E-state index in [2.05, 4.69) is 20.8 Å². The Bertz CT molecular complexity index is 846. The van der Waals surface area contributed by atoms with Crippen molar-refractivity contribution in [3.05, 3.63) is 66.0 Å². The molecule has 0 unspecified atom stereocenters. The first-order valence-electron chi connectivity index (χ1n) is 8.47. The van der Waals surface area contributed by atoms with E-state index in [9.17, 15) is 4.79 Å². The molecule has 0 fully saturated rings. The Kier molecular flexibility index (Phi) is 5.58. The van der Waals surface area contributed by atoms with Crippen molar-refractivity contribution in [2.45, 2.75) is 25.8 Å². The number of rotatable bonds is 7. The van der Waals surface area contributed by atoms with E-state index in [0.29, 0.717) is 5.82 Å². The van der Waals surface area contributed by atoms with Crippen molar-refractivity contribution in [2.24, 2.45) is 0 Å². The Morgan fingerprint density at radius 1 is 1.15 bits per heavy atom. The second-order valence-electron chi connectivity index (χ2n) is 5.79. The predicted octanol–water partition coefficient (Wildman–Crippen LogP) is 2.48. The Balaban J connectivity index is 1.70. The summed E-state index contributed by atoms with van der Waals surface area (Å²) in [5, 5.41) is 14.7. The lowest BCUT2D eigenvalue weighted by Crippen LogP contribution is -2.29. The van der Waals surface area contributed by atoms with Gasteiger partial charge in [-0.2, -0.15) is 4.68 Å². The molecule has 7 heteroatoms. The van der Waals surface area contributed by atoms with E-state index in [0.717, 1.165) is 23.4 Å². The predicted molar refractivity (Wildman–Crippen MR) is 97.0 cm³/mol. The zero-order valence-electron chi connectivity index (χ0n) is 14.8. The Hall–Kier alpha value is -3.22. The third kappa shape index (κ3) is 3.88. The summed E-state index contributed by atoms with van der Waals surface area (Å²) in [4.78, 5) is 12.6. The van der Waals surface area contributed by atoms with Crippen LogP contribution in [0.5, 0.6) is 5.75 Å². The van der Waals surface area contributed by atoms with Crippen molar-refractivity contribution in [3.63, 3.8) is 0 Å². The molecule has 134 valence electrons. The maximum absolute atomic E-state index is 12.6. The molecule has 1 amide bonds. The number of tetrazole rings is 1. The summed E-state index contributed by atoms with van der Waals surface area (Å²) in [6.45, 7) is 2.25. The number of nitrogens with one attached hydrogen (secondary N) is 1. The second kappa shape index (κ2) is 8.24. The topological polar surface area (TPSA) is 81.9 Å². The van der Waals surface area contributed by atoms with E-state index in [1.165, 1.54) is 0 Å². The largest absolute Gasteiger partial charge is 0.497 e. The maximum atomic E-state index is 12.6. The van der Waals surface area contributed by atoms with Gasteiger partial charge in [-0.05, 0) is 46.7 Å². The molecule has 2 aromatic carbocycles. The third-order valence-corrected chi connectivity index (χ3v) is 4.20. The summed E-state index contributed by atoms with van der Waals surface area (Å²) in [7, 11) is 1.61. The van der Waals surface area contributed by atoms with Crippen LogP contribution in [0.15, 0.2) is 54.6 Å². The molecule has 26 heavy (non-hydrogen) atoms. The van der Waals surface area contributed by atoms with E-state index < -0.39 is 0 Å². The molecule has 3 rings (SSSR count). The fourth-order valence-corrected chi connectivity index (χ4v) is 2.79. The molecular weight excluding hydrogens is 330 g/mol. The van der Waals surface area contributed by atoms with E-state index in [4.69, 9.17) is 4.74 Å². The first kappa shape index (κ1) is 17.6. The Labute approximate surface area is 152 Å². The number of carbonyl (C=O) groups is 1. The highest BCUT2D eigenvalue weighted by atomic mass is 16.5. The maximum Gasteiger partial charge on any atom is 0.227 e. The number of amides is 1. The number of carbonyl (C=O) groups excluding carboxylic acids is 1. The van der Waals surface area contributed by atoms with Gasteiger partial charge in [0.15, 0.2) is 5.82 Å². The van der Waals surface area contributed by atoms with Crippen LogP contribution in [-0.2, 0) is 11.3 Å². The van der Waals surface area contributed by atoms with Crippen LogP contribution in [0.25, 0.3) is 5.69 Å². The Morgan fingerprint density at radius 2 is 1.88 bits per heavy atom. The smallest absolute Gasteiger partial charge is 0.227 e. The van der Waals surface area contributed by atoms with Crippen molar-refractivity contribution in [1.82, 2.24) is 25.5 Å². The zero-order chi connectivity index (χ0) is 18.4. The molecule has 0 radical (unpaired) electrons. The van der Waals surface area contributed by atoms with Crippen LogP contribution in [0.1, 0.15) is 30.7 Å². The average Bonchev–Trinajstić information content (AvgIpc) is 3.16. The first-order valence-corrected chi connectivity index (χ1v) is 8.47. The van der Waals surface area contributed by atoms with Crippen molar-refractivity contribution in [2.75, 3.05) is 7.11 Å². The third-order valence-electron chi connectivity index (χ3n) is 4.20. The van der Waals surface area contributed by atoms with Crippen molar-refractivity contribution in [3.8, 4) is 11.4 Å². The first-order chi connectivity index (χ1) is 12.7. The molecule has 0 spiro atoms. The van der Waals surface area contributed by atoms with Gasteiger partial charge in [0, 0.05) is 0 Å². The molecule has 0 aliphatic carbocycles. The molecular formula is C19H21N5O2. The van der Waals surface area contributed by atoms with Gasteiger partial charge in [-0.15, -0.1) is 5.10 Å². The lowest BCUT2D eigenvalue weighted by molar-refractivity contribution is -0.122. The number of hydrogen-bond donors (Lipinski definition) is 1. The van der Waals surface area contributed by atoms with Crippen LogP contribution >= 0.6 is 0 Å². The summed E-state index contributed by atoms with van der Waals surface area (Å²) in [5.74, 6) is 1.08. The average molecular weight is 351 g/mol. The number of ether oxygens (including phenoxy) is 1. The minimum absolute atomic E-state index is 0.0389. The van der Waals surface area contributed by atoms with Crippen LogP contribution in [-0.4, -0.2) is 33.2 Å². The van der Waals surface area contributed by atoms with E-state index in [-0.39, 0.29) is 18.4 Å². The summed E-state index contributed by atoms with van der Waals surface area (Å²) in [6.07, 6.45) is 0.721. The molecule has 0 saturated carbocycles. The molecule has 3 aromatic rings. The summed E-state index contributed by atoms with van der Waals surface area (Å²) < 4.78 is 6.76. The van der Waals surface area contributed by atoms with Crippen molar-refractivity contribution in [1.29, 1.82) is 0 Å². The summed E-state index contributed by atoms with van der Waals surface area (Å²) >= 11 is 0. The van der Waals surface area contributed by atoms with Gasteiger partial charge in [-0.1, -0.05) is 37.3 Å². The van der Waals surface area contributed by atoms with Crippen LogP contribution in [0, 0.1) is 0 Å². The zero-order valence-corrected chi connectivity index (χ0v) is 14.8. The summed E-state index contributed by atoms with van der Waals surface area (Å²) in [5.41, 5.74) is 1.80. The molecule has 1 atom stereocenters. The van der Waals surface area contributed by atoms with Crippen LogP contribution in [0.4, 0.5) is 0 Å². The lowest BCUT2D eigenvalue weighted by atomic mass is 9.96. The fraction of sp³-hybridized carbons (Fsp3) is 0.263. The number of methoxy groups -OCH3 is 1. The molecule has 0 bridgehead atoms. The minimum atomic E-state index is -0.193. The van der Waals surface area contributed by atoms with Crippen LogP contribution in [0.2, 0.25) is 0 Å². The van der Waals surface area contributed by atoms with Gasteiger partial charge in [0.05, 0.1) is 25.3 Å². The molecule has 7 nitrogen and oxygen atoms in total. The molecule has 0 saturated heterocycles. The van der Waals surface area contributed by atoms with E-state index in [1.54, 1.807) is 11.8 Å². The highest BCUT2D eigenvalue weighted by Gasteiger charge is 2.19. The monoisotopic (exact) mass is 351 g/mol. The standard InChI is InChI=1S/C19H21N5O2/c1-3-17(14-7-5-4-6-8-14)19(25)20-13-18-21-22-23-24(18)15-9-11-16(26-2)12-10-15/h4-12,17H,3,13H2,1-2H3,(H,20,25)/t17-/m0/s1. The SMILES string of the molecule is CC[C@H](C(=O)NCc1nnnn1-c1ccc(OC)cc1)c1ccccc1. The summed E-state index contributed by atoms with van der Waals surface area (Å²) in [6, 6.07) is 17.1. The van der Waals surface area contributed by atoms with Crippen LogP contribution in [0.3, 0.4) is 0 Å². The van der Waals surface area contributed by atoms with Crippen molar-refractivity contribution >= 4 is 5.91 Å². The normalized spacial score (nSPS) is 11.8. The van der Waals surface area contributed by atoms with Gasteiger partial charge in [0.2, 0.25) is 5.91 Å². The minimum Gasteiger partial charge on any atom is -0.497 e.